The summed E-state index contributed by atoms with van der Waals surface area (Å²) in [6.07, 6.45) is 7.19. The summed E-state index contributed by atoms with van der Waals surface area (Å²) in [5, 5.41) is 0. The van der Waals surface area contributed by atoms with Crippen molar-refractivity contribution in [2.24, 2.45) is 11.7 Å². The Morgan fingerprint density at radius 2 is 2.07 bits per heavy atom. The van der Waals surface area contributed by atoms with E-state index in [1.807, 2.05) is 6.92 Å². The van der Waals surface area contributed by atoms with Gasteiger partial charge in [-0.1, -0.05) is 25.7 Å². The van der Waals surface area contributed by atoms with Gasteiger partial charge in [-0.15, -0.1) is 12.4 Å². The van der Waals surface area contributed by atoms with Crippen LogP contribution in [0.1, 0.15) is 45.4 Å². The summed E-state index contributed by atoms with van der Waals surface area (Å²) in [4.78, 5) is 11.2. The van der Waals surface area contributed by atoms with Gasteiger partial charge in [-0.2, -0.15) is 0 Å². The average Bonchev–Trinajstić information content (AvgIpc) is 2.67. The molecule has 1 aliphatic rings. The molecule has 15 heavy (non-hydrogen) atoms. The quantitative estimate of drug-likeness (QED) is 0.744. The van der Waals surface area contributed by atoms with Crippen molar-refractivity contribution in [3.8, 4) is 0 Å². The van der Waals surface area contributed by atoms with E-state index >= 15 is 0 Å². The second kappa shape index (κ2) is 7.94. The van der Waals surface area contributed by atoms with Crippen molar-refractivity contribution in [3.63, 3.8) is 0 Å². The van der Waals surface area contributed by atoms with E-state index in [-0.39, 0.29) is 18.4 Å². The van der Waals surface area contributed by atoms with Crippen LogP contribution in [0.2, 0.25) is 0 Å². The van der Waals surface area contributed by atoms with Crippen LogP contribution >= 0.6 is 12.4 Å². The second-order valence-corrected chi connectivity index (χ2v) is 4.09. The summed E-state index contributed by atoms with van der Waals surface area (Å²) < 4.78 is 4.85. The molecule has 90 valence electrons. The predicted molar refractivity (Wildman–Crippen MR) is 63.0 cm³/mol. The molecular formula is C11H22ClNO2. The van der Waals surface area contributed by atoms with E-state index < -0.39 is 6.04 Å². The van der Waals surface area contributed by atoms with Crippen molar-refractivity contribution < 1.29 is 9.53 Å². The average molecular weight is 236 g/mol. The first-order valence-corrected chi connectivity index (χ1v) is 5.66. The van der Waals surface area contributed by atoms with Crippen LogP contribution in [0.15, 0.2) is 0 Å². The summed E-state index contributed by atoms with van der Waals surface area (Å²) in [5.41, 5.74) is 5.71. The van der Waals surface area contributed by atoms with Gasteiger partial charge in [0, 0.05) is 0 Å². The van der Waals surface area contributed by atoms with Gasteiger partial charge in [-0.25, -0.2) is 0 Å². The van der Waals surface area contributed by atoms with E-state index in [1.165, 1.54) is 25.7 Å². The molecule has 0 aromatic rings. The second-order valence-electron chi connectivity index (χ2n) is 4.09. The molecule has 3 nitrogen and oxygen atoms in total. The highest BCUT2D eigenvalue weighted by Crippen LogP contribution is 2.28. The van der Waals surface area contributed by atoms with E-state index in [2.05, 4.69) is 0 Å². The number of hydrogen-bond acceptors (Lipinski definition) is 3. The topological polar surface area (TPSA) is 52.3 Å². The van der Waals surface area contributed by atoms with Crippen LogP contribution in [0.25, 0.3) is 0 Å². The van der Waals surface area contributed by atoms with Gasteiger partial charge in [0.05, 0.1) is 6.61 Å². The Kier molecular flexibility index (Phi) is 7.79. The smallest absolute Gasteiger partial charge is 0.322 e. The molecule has 0 spiro atoms. The van der Waals surface area contributed by atoms with Crippen LogP contribution in [0.4, 0.5) is 0 Å². The van der Waals surface area contributed by atoms with Crippen LogP contribution < -0.4 is 5.73 Å². The van der Waals surface area contributed by atoms with Gasteiger partial charge in [0.1, 0.15) is 6.04 Å². The third-order valence-electron chi connectivity index (χ3n) is 2.95. The lowest BCUT2D eigenvalue weighted by Crippen LogP contribution is -2.32. The SMILES string of the molecule is CCOC(=O)C(N)CCC1CCCC1.Cl. The zero-order valence-electron chi connectivity index (χ0n) is 9.41. The maximum absolute atomic E-state index is 11.2. The fourth-order valence-electron chi connectivity index (χ4n) is 2.08. The maximum atomic E-state index is 11.2. The fraction of sp³-hybridized carbons (Fsp3) is 0.909. The molecule has 0 aromatic heterocycles. The number of rotatable bonds is 5. The summed E-state index contributed by atoms with van der Waals surface area (Å²) in [6.45, 7) is 2.23. The molecule has 4 heteroatoms. The number of ether oxygens (including phenoxy) is 1. The molecular weight excluding hydrogens is 214 g/mol. The molecule has 0 radical (unpaired) electrons. The lowest BCUT2D eigenvalue weighted by atomic mass is 9.99. The predicted octanol–water partition coefficient (Wildman–Crippen LogP) is 2.27. The molecule has 0 aromatic carbocycles. The molecule has 0 amide bonds. The van der Waals surface area contributed by atoms with E-state index in [4.69, 9.17) is 10.5 Å². The van der Waals surface area contributed by atoms with Gasteiger partial charge in [0.25, 0.3) is 0 Å². The Labute approximate surface area is 98.2 Å². The lowest BCUT2D eigenvalue weighted by molar-refractivity contribution is -0.144. The molecule has 1 saturated carbocycles. The number of halogens is 1. The molecule has 1 fully saturated rings. The first-order valence-electron chi connectivity index (χ1n) is 5.66. The number of carbonyl (C=O) groups is 1. The van der Waals surface area contributed by atoms with Crippen LogP contribution in [-0.2, 0) is 9.53 Å². The van der Waals surface area contributed by atoms with Crippen molar-refractivity contribution >= 4 is 18.4 Å². The van der Waals surface area contributed by atoms with Gasteiger partial charge >= 0.3 is 5.97 Å². The molecule has 1 aliphatic carbocycles. The van der Waals surface area contributed by atoms with Crippen molar-refractivity contribution in [1.29, 1.82) is 0 Å². The van der Waals surface area contributed by atoms with E-state index in [9.17, 15) is 4.79 Å². The van der Waals surface area contributed by atoms with Gasteiger partial charge in [0.2, 0.25) is 0 Å². The summed E-state index contributed by atoms with van der Waals surface area (Å²) >= 11 is 0. The molecule has 0 aliphatic heterocycles. The standard InChI is InChI=1S/C11H21NO2.ClH/c1-2-14-11(13)10(12)8-7-9-5-3-4-6-9;/h9-10H,2-8,12H2,1H3;1H. The van der Waals surface area contributed by atoms with Gasteiger partial charge in [0.15, 0.2) is 0 Å². The zero-order chi connectivity index (χ0) is 10.4. The Bertz CT molecular complexity index is 181. The van der Waals surface area contributed by atoms with E-state index in [0.29, 0.717) is 6.61 Å². The molecule has 2 N–H and O–H groups in total. The van der Waals surface area contributed by atoms with Crippen LogP contribution in [0, 0.1) is 5.92 Å². The molecule has 1 atom stereocenters. The fourth-order valence-corrected chi connectivity index (χ4v) is 2.08. The Morgan fingerprint density at radius 3 is 2.60 bits per heavy atom. The van der Waals surface area contributed by atoms with Crippen molar-refractivity contribution in [1.82, 2.24) is 0 Å². The molecule has 1 rings (SSSR count). The van der Waals surface area contributed by atoms with Gasteiger partial charge in [-0.3, -0.25) is 4.79 Å². The van der Waals surface area contributed by atoms with Crippen LogP contribution in [0.5, 0.6) is 0 Å². The lowest BCUT2D eigenvalue weighted by Gasteiger charge is -2.13. The zero-order valence-corrected chi connectivity index (χ0v) is 10.2. The first kappa shape index (κ1) is 14.7. The third-order valence-corrected chi connectivity index (χ3v) is 2.95. The minimum absolute atomic E-state index is 0. The normalized spacial score (nSPS) is 18.3. The van der Waals surface area contributed by atoms with Crippen molar-refractivity contribution in [2.45, 2.75) is 51.5 Å². The molecule has 1 unspecified atom stereocenters. The molecule has 0 bridgehead atoms. The summed E-state index contributed by atoms with van der Waals surface area (Å²) in [7, 11) is 0. The summed E-state index contributed by atoms with van der Waals surface area (Å²) in [5.74, 6) is 0.556. The van der Waals surface area contributed by atoms with Crippen LogP contribution in [-0.4, -0.2) is 18.6 Å². The number of esters is 1. The molecule has 0 saturated heterocycles. The van der Waals surface area contributed by atoms with Crippen LogP contribution in [0.3, 0.4) is 0 Å². The molecule has 0 heterocycles. The number of carbonyl (C=O) groups excluding carboxylic acids is 1. The number of hydrogen-bond donors (Lipinski definition) is 1. The van der Waals surface area contributed by atoms with E-state index in [0.717, 1.165) is 18.8 Å². The Hall–Kier alpha value is -0.280. The number of nitrogens with two attached hydrogens (primary N) is 1. The highest BCUT2D eigenvalue weighted by atomic mass is 35.5. The first-order chi connectivity index (χ1) is 6.74. The van der Waals surface area contributed by atoms with Crippen molar-refractivity contribution in [2.75, 3.05) is 6.61 Å². The van der Waals surface area contributed by atoms with E-state index in [1.54, 1.807) is 0 Å². The monoisotopic (exact) mass is 235 g/mol. The highest BCUT2D eigenvalue weighted by molar-refractivity contribution is 5.85. The minimum Gasteiger partial charge on any atom is -0.465 e. The van der Waals surface area contributed by atoms with Gasteiger partial charge < -0.3 is 10.5 Å². The Morgan fingerprint density at radius 1 is 1.47 bits per heavy atom. The minimum atomic E-state index is -0.407. The van der Waals surface area contributed by atoms with Gasteiger partial charge in [-0.05, 0) is 25.7 Å². The van der Waals surface area contributed by atoms with Crippen molar-refractivity contribution in [3.05, 3.63) is 0 Å². The highest BCUT2D eigenvalue weighted by Gasteiger charge is 2.19. The maximum Gasteiger partial charge on any atom is 0.322 e. The summed E-state index contributed by atoms with van der Waals surface area (Å²) in [6, 6.07) is -0.407. The Balaban J connectivity index is 0.00000196. The largest absolute Gasteiger partial charge is 0.465 e. The third kappa shape index (κ3) is 5.38.